The third-order valence-electron chi connectivity index (χ3n) is 4.28. The van der Waals surface area contributed by atoms with Gasteiger partial charge in [0.2, 0.25) is 11.7 Å². The van der Waals surface area contributed by atoms with Gasteiger partial charge in [0.05, 0.1) is 11.4 Å². The number of amides is 1. The summed E-state index contributed by atoms with van der Waals surface area (Å²) in [7, 11) is 0. The third kappa shape index (κ3) is 4.22. The maximum atomic E-state index is 12.4. The lowest BCUT2D eigenvalue weighted by Gasteiger charge is -2.08. The predicted molar refractivity (Wildman–Crippen MR) is 114 cm³/mol. The van der Waals surface area contributed by atoms with Crippen LogP contribution in [0.3, 0.4) is 0 Å². The average molecular weight is 405 g/mol. The van der Waals surface area contributed by atoms with Crippen LogP contribution in [0.2, 0.25) is 0 Å². The van der Waals surface area contributed by atoms with Crippen LogP contribution in [0.25, 0.3) is 17.0 Å². The molecule has 4 aromatic rings. The van der Waals surface area contributed by atoms with Gasteiger partial charge in [0, 0.05) is 11.8 Å². The number of fused-ring (bicyclic) bond motifs is 1. The minimum atomic E-state index is -0.257. The van der Waals surface area contributed by atoms with Crippen LogP contribution < -0.4 is 10.9 Å². The molecule has 0 fully saturated rings. The van der Waals surface area contributed by atoms with E-state index in [0.29, 0.717) is 16.6 Å². The first kappa shape index (κ1) is 18.9. The first-order chi connectivity index (χ1) is 14.0. The molecule has 8 heteroatoms. The van der Waals surface area contributed by atoms with Gasteiger partial charge in [-0.2, -0.15) is 0 Å². The maximum absolute atomic E-state index is 12.4. The zero-order chi connectivity index (χ0) is 20.4. The van der Waals surface area contributed by atoms with E-state index in [1.54, 1.807) is 4.40 Å². The topological polar surface area (TPSA) is 92.2 Å². The van der Waals surface area contributed by atoms with Crippen LogP contribution in [0.15, 0.2) is 64.5 Å². The van der Waals surface area contributed by atoms with Crippen LogP contribution in [0.4, 0.5) is 5.69 Å². The highest BCUT2D eigenvalue weighted by atomic mass is 32.2. The molecular weight excluding hydrogens is 386 g/mol. The number of carbonyl (C=O) groups excluding carboxylic acids is 1. The number of aromatic amines is 1. The summed E-state index contributed by atoms with van der Waals surface area (Å²) in [6.07, 6.45) is 0. The van der Waals surface area contributed by atoms with Crippen LogP contribution in [0, 0.1) is 13.8 Å². The van der Waals surface area contributed by atoms with Gasteiger partial charge in [-0.3, -0.25) is 19.0 Å². The van der Waals surface area contributed by atoms with Crippen molar-refractivity contribution in [2.45, 2.75) is 19.0 Å². The van der Waals surface area contributed by atoms with Crippen molar-refractivity contribution >= 4 is 29.1 Å². The Hall–Kier alpha value is -3.39. The number of aryl methyl sites for hydroxylation is 2. The molecule has 2 aromatic carbocycles. The Bertz CT molecular complexity index is 1230. The SMILES string of the molecule is Cc1cc(C)cc(NC(=O)CSc2nnc3[nH]c(=O)cc(-c4ccccc4)n23)c1. The van der Waals surface area contributed by atoms with Gasteiger partial charge in [-0.05, 0) is 42.7 Å². The summed E-state index contributed by atoms with van der Waals surface area (Å²) in [5.41, 5.74) is 4.23. The molecule has 0 saturated carbocycles. The Morgan fingerprint density at radius 3 is 2.52 bits per heavy atom. The molecule has 0 radical (unpaired) electrons. The lowest BCUT2D eigenvalue weighted by Crippen LogP contribution is -2.15. The average Bonchev–Trinajstić information content (AvgIpc) is 3.08. The fraction of sp³-hybridized carbons (Fsp3) is 0.143. The van der Waals surface area contributed by atoms with Crippen molar-refractivity contribution in [1.82, 2.24) is 19.6 Å². The first-order valence-electron chi connectivity index (χ1n) is 9.04. The smallest absolute Gasteiger partial charge is 0.252 e. The van der Waals surface area contributed by atoms with Gasteiger partial charge in [-0.25, -0.2) is 0 Å². The molecule has 0 unspecified atom stereocenters. The normalized spacial score (nSPS) is 11.0. The fourth-order valence-electron chi connectivity index (χ4n) is 3.19. The Balaban J connectivity index is 1.58. The molecule has 0 aliphatic heterocycles. The standard InChI is InChI=1S/C21H19N5O2S/c1-13-8-14(2)10-16(9-13)22-19(28)12-29-21-25-24-20-23-18(27)11-17(26(20)21)15-6-4-3-5-7-15/h3-11H,12H2,1-2H3,(H,22,28)(H,23,24,27). The second-order valence-electron chi connectivity index (χ2n) is 6.74. The number of rotatable bonds is 5. The molecule has 0 aliphatic rings. The van der Waals surface area contributed by atoms with E-state index in [2.05, 4.69) is 26.6 Å². The van der Waals surface area contributed by atoms with Gasteiger partial charge in [0.25, 0.3) is 5.56 Å². The number of H-pyrrole nitrogens is 1. The van der Waals surface area contributed by atoms with Crippen LogP contribution in [0.5, 0.6) is 0 Å². The molecule has 0 spiro atoms. The molecule has 146 valence electrons. The molecule has 0 bridgehead atoms. The van der Waals surface area contributed by atoms with Crippen LogP contribution in [-0.4, -0.2) is 31.2 Å². The summed E-state index contributed by atoms with van der Waals surface area (Å²) < 4.78 is 1.76. The van der Waals surface area contributed by atoms with E-state index >= 15 is 0 Å². The van der Waals surface area contributed by atoms with Crippen molar-refractivity contribution in [2.24, 2.45) is 0 Å². The first-order valence-corrected chi connectivity index (χ1v) is 10.0. The second-order valence-corrected chi connectivity index (χ2v) is 7.68. The van der Waals surface area contributed by atoms with E-state index in [-0.39, 0.29) is 17.2 Å². The van der Waals surface area contributed by atoms with E-state index < -0.39 is 0 Å². The molecule has 2 aromatic heterocycles. The van der Waals surface area contributed by atoms with Crippen LogP contribution in [0.1, 0.15) is 11.1 Å². The van der Waals surface area contributed by atoms with Crippen molar-refractivity contribution in [3.05, 3.63) is 76.1 Å². The molecule has 7 nitrogen and oxygen atoms in total. The zero-order valence-electron chi connectivity index (χ0n) is 16.0. The molecule has 29 heavy (non-hydrogen) atoms. The number of nitrogens with one attached hydrogen (secondary N) is 2. The van der Waals surface area contributed by atoms with E-state index in [9.17, 15) is 9.59 Å². The summed E-state index contributed by atoms with van der Waals surface area (Å²) in [4.78, 5) is 27.1. The largest absolute Gasteiger partial charge is 0.325 e. The van der Waals surface area contributed by atoms with E-state index in [1.807, 2.05) is 56.3 Å². The van der Waals surface area contributed by atoms with Crippen molar-refractivity contribution in [2.75, 3.05) is 11.1 Å². The van der Waals surface area contributed by atoms with Crippen LogP contribution >= 0.6 is 11.8 Å². The zero-order valence-corrected chi connectivity index (χ0v) is 16.8. The summed E-state index contributed by atoms with van der Waals surface area (Å²) in [6, 6.07) is 17.0. The molecule has 4 rings (SSSR count). The van der Waals surface area contributed by atoms with Gasteiger partial charge in [-0.1, -0.05) is 48.2 Å². The molecular formula is C21H19N5O2S. The lowest BCUT2D eigenvalue weighted by molar-refractivity contribution is -0.113. The highest BCUT2D eigenvalue weighted by molar-refractivity contribution is 7.99. The molecule has 0 saturated heterocycles. The fourth-order valence-corrected chi connectivity index (χ4v) is 3.94. The minimum absolute atomic E-state index is 0.137. The molecule has 1 amide bonds. The van der Waals surface area contributed by atoms with Crippen molar-refractivity contribution in [3.8, 4) is 11.3 Å². The Morgan fingerprint density at radius 1 is 1.07 bits per heavy atom. The number of nitrogens with zero attached hydrogens (tertiary/aromatic N) is 3. The second kappa shape index (κ2) is 7.92. The molecule has 0 aliphatic carbocycles. The predicted octanol–water partition coefficient (Wildman–Crippen LogP) is 3.43. The van der Waals surface area contributed by atoms with Gasteiger partial charge >= 0.3 is 0 Å². The van der Waals surface area contributed by atoms with E-state index in [1.165, 1.54) is 17.8 Å². The van der Waals surface area contributed by atoms with Gasteiger partial charge in [-0.15, -0.1) is 10.2 Å². The number of aromatic nitrogens is 4. The molecule has 2 N–H and O–H groups in total. The van der Waals surface area contributed by atoms with Crippen molar-refractivity contribution in [1.29, 1.82) is 0 Å². The minimum Gasteiger partial charge on any atom is -0.325 e. The molecule has 2 heterocycles. The number of hydrogen-bond donors (Lipinski definition) is 2. The quantitative estimate of drug-likeness (QED) is 0.496. The number of hydrogen-bond acceptors (Lipinski definition) is 5. The van der Waals surface area contributed by atoms with E-state index in [0.717, 1.165) is 22.4 Å². The lowest BCUT2D eigenvalue weighted by atomic mass is 10.1. The maximum Gasteiger partial charge on any atom is 0.252 e. The summed E-state index contributed by atoms with van der Waals surface area (Å²) in [6.45, 7) is 3.98. The summed E-state index contributed by atoms with van der Waals surface area (Å²) in [5.74, 6) is 0.372. The van der Waals surface area contributed by atoms with E-state index in [4.69, 9.17) is 0 Å². The Labute approximate surface area is 171 Å². The Morgan fingerprint density at radius 2 is 1.79 bits per heavy atom. The van der Waals surface area contributed by atoms with Crippen LogP contribution in [-0.2, 0) is 4.79 Å². The number of anilines is 1. The van der Waals surface area contributed by atoms with Gasteiger partial charge < -0.3 is 5.32 Å². The highest BCUT2D eigenvalue weighted by Crippen LogP contribution is 2.24. The van der Waals surface area contributed by atoms with Gasteiger partial charge in [0.1, 0.15) is 0 Å². The van der Waals surface area contributed by atoms with Gasteiger partial charge in [0.15, 0.2) is 5.16 Å². The number of carbonyl (C=O) groups is 1. The third-order valence-corrected chi connectivity index (χ3v) is 5.21. The highest BCUT2D eigenvalue weighted by Gasteiger charge is 2.15. The summed E-state index contributed by atoms with van der Waals surface area (Å²) in [5, 5.41) is 11.7. The number of benzene rings is 2. The van der Waals surface area contributed by atoms with Crippen molar-refractivity contribution in [3.63, 3.8) is 0 Å². The summed E-state index contributed by atoms with van der Waals surface area (Å²) >= 11 is 1.26. The Kier molecular flexibility index (Phi) is 5.18. The number of thioether (sulfide) groups is 1. The van der Waals surface area contributed by atoms with Crippen molar-refractivity contribution < 1.29 is 4.79 Å². The molecule has 0 atom stereocenters. The monoisotopic (exact) mass is 405 g/mol.